The molecule has 9 heteroatoms. The zero-order chi connectivity index (χ0) is 20.3. The van der Waals surface area contributed by atoms with Gasteiger partial charge in [0, 0.05) is 25.8 Å². The van der Waals surface area contributed by atoms with Gasteiger partial charge in [-0.3, -0.25) is 4.79 Å². The molecule has 1 aliphatic heterocycles. The normalized spacial score (nSPS) is 17.5. The zero-order valence-electron chi connectivity index (χ0n) is 15.6. The van der Waals surface area contributed by atoms with Crippen molar-refractivity contribution in [3.8, 4) is 0 Å². The van der Waals surface area contributed by atoms with E-state index in [2.05, 4.69) is 9.71 Å². The summed E-state index contributed by atoms with van der Waals surface area (Å²) < 4.78 is 27.7. The van der Waals surface area contributed by atoms with Crippen LogP contribution in [0.5, 0.6) is 0 Å². The molecule has 1 unspecified atom stereocenters. The van der Waals surface area contributed by atoms with Crippen molar-refractivity contribution >= 4 is 33.3 Å². The lowest BCUT2D eigenvalue weighted by Gasteiger charge is -2.34. The Labute approximate surface area is 169 Å². The van der Waals surface area contributed by atoms with Gasteiger partial charge in [0.1, 0.15) is 5.82 Å². The number of pyridine rings is 1. The van der Waals surface area contributed by atoms with Gasteiger partial charge in [0.05, 0.1) is 15.5 Å². The van der Waals surface area contributed by atoms with Crippen LogP contribution in [0.25, 0.3) is 0 Å². The molecule has 1 fully saturated rings. The molecule has 1 aromatic heterocycles. The fourth-order valence-corrected chi connectivity index (χ4v) is 4.65. The summed E-state index contributed by atoms with van der Waals surface area (Å²) >= 11 is 6.27. The third-order valence-electron chi connectivity index (χ3n) is 4.82. The van der Waals surface area contributed by atoms with Crippen LogP contribution < -0.4 is 15.4 Å². The number of amides is 1. The SMILES string of the molecule is Cc1ccc(S(=O)(=O)NCC2CCCN(c3ncc(C(N)=O)cc3Cl)C2)cc1. The first-order valence-corrected chi connectivity index (χ1v) is 10.9. The number of aryl methyl sites for hydroxylation is 1. The Bertz CT molecular complexity index is 964. The van der Waals surface area contributed by atoms with Crippen molar-refractivity contribution in [1.29, 1.82) is 0 Å². The minimum absolute atomic E-state index is 0.127. The molecule has 150 valence electrons. The lowest BCUT2D eigenvalue weighted by atomic mass is 9.98. The van der Waals surface area contributed by atoms with Crippen LogP contribution in [0.2, 0.25) is 5.02 Å². The molecule has 1 saturated heterocycles. The van der Waals surface area contributed by atoms with E-state index in [1.165, 1.54) is 12.3 Å². The molecule has 1 aromatic carbocycles. The lowest BCUT2D eigenvalue weighted by Crippen LogP contribution is -2.41. The van der Waals surface area contributed by atoms with Crippen molar-refractivity contribution in [2.45, 2.75) is 24.7 Å². The molecule has 0 saturated carbocycles. The number of anilines is 1. The Kier molecular flexibility index (Phi) is 6.22. The fourth-order valence-electron chi connectivity index (χ4n) is 3.25. The molecule has 1 atom stereocenters. The second-order valence-electron chi connectivity index (χ2n) is 7.01. The number of nitrogens with zero attached hydrogens (tertiary/aromatic N) is 2. The van der Waals surface area contributed by atoms with E-state index < -0.39 is 15.9 Å². The maximum atomic E-state index is 12.5. The molecule has 2 heterocycles. The molecule has 28 heavy (non-hydrogen) atoms. The monoisotopic (exact) mass is 422 g/mol. The molecule has 1 amide bonds. The van der Waals surface area contributed by atoms with E-state index in [-0.39, 0.29) is 16.4 Å². The fraction of sp³-hybridized carbons (Fsp3) is 0.368. The molecule has 0 radical (unpaired) electrons. The molecule has 0 bridgehead atoms. The third kappa shape index (κ3) is 4.81. The van der Waals surface area contributed by atoms with E-state index in [1.54, 1.807) is 24.3 Å². The number of nitrogens with two attached hydrogens (primary N) is 1. The summed E-state index contributed by atoms with van der Waals surface area (Å²) in [5.41, 5.74) is 6.52. The van der Waals surface area contributed by atoms with Gasteiger partial charge >= 0.3 is 0 Å². The topological polar surface area (TPSA) is 105 Å². The number of piperidine rings is 1. The molecule has 1 aliphatic rings. The molecule has 7 nitrogen and oxygen atoms in total. The van der Waals surface area contributed by atoms with Gasteiger partial charge in [-0.1, -0.05) is 29.3 Å². The van der Waals surface area contributed by atoms with E-state index in [0.29, 0.717) is 23.9 Å². The van der Waals surface area contributed by atoms with Gasteiger partial charge in [-0.05, 0) is 43.9 Å². The number of nitrogens with one attached hydrogen (secondary N) is 1. The highest BCUT2D eigenvalue weighted by atomic mass is 35.5. The van der Waals surface area contributed by atoms with Crippen LogP contribution in [0.1, 0.15) is 28.8 Å². The zero-order valence-corrected chi connectivity index (χ0v) is 17.1. The quantitative estimate of drug-likeness (QED) is 0.743. The minimum atomic E-state index is -3.54. The van der Waals surface area contributed by atoms with Gasteiger partial charge in [0.2, 0.25) is 15.9 Å². The van der Waals surface area contributed by atoms with E-state index in [4.69, 9.17) is 17.3 Å². The summed E-state index contributed by atoms with van der Waals surface area (Å²) in [5, 5.41) is 0.359. The Balaban J connectivity index is 1.65. The number of carbonyl (C=O) groups excluding carboxylic acids is 1. The maximum Gasteiger partial charge on any atom is 0.250 e. The highest BCUT2D eigenvalue weighted by Gasteiger charge is 2.25. The third-order valence-corrected chi connectivity index (χ3v) is 6.54. The first-order valence-electron chi connectivity index (χ1n) is 9.03. The van der Waals surface area contributed by atoms with Gasteiger partial charge in [-0.25, -0.2) is 18.1 Å². The molecule has 2 aromatic rings. The second kappa shape index (κ2) is 8.46. The highest BCUT2D eigenvalue weighted by molar-refractivity contribution is 7.89. The predicted octanol–water partition coefficient (Wildman–Crippen LogP) is 2.34. The second-order valence-corrected chi connectivity index (χ2v) is 9.19. The van der Waals surface area contributed by atoms with Crippen LogP contribution in [-0.2, 0) is 10.0 Å². The van der Waals surface area contributed by atoms with Crippen LogP contribution in [-0.4, -0.2) is 38.9 Å². The van der Waals surface area contributed by atoms with Crippen LogP contribution in [0, 0.1) is 12.8 Å². The van der Waals surface area contributed by atoms with E-state index in [9.17, 15) is 13.2 Å². The van der Waals surface area contributed by atoms with Crippen molar-refractivity contribution in [3.05, 3.63) is 52.7 Å². The summed E-state index contributed by atoms with van der Waals surface area (Å²) in [6.45, 7) is 3.64. The van der Waals surface area contributed by atoms with Crippen LogP contribution in [0.3, 0.4) is 0 Å². The number of hydrogen-bond donors (Lipinski definition) is 2. The standard InChI is InChI=1S/C19H23ClN4O3S/c1-13-4-6-16(7-5-13)28(26,27)23-10-14-3-2-8-24(12-14)19-17(20)9-15(11-22-19)18(21)25/h4-7,9,11,14,23H,2-3,8,10,12H2,1H3,(H2,21,25). The number of sulfonamides is 1. The van der Waals surface area contributed by atoms with Gasteiger partial charge in [0.25, 0.3) is 0 Å². The Morgan fingerprint density at radius 1 is 1.36 bits per heavy atom. The molecular formula is C19H23ClN4O3S. The lowest BCUT2D eigenvalue weighted by molar-refractivity contribution is 0.1000. The molecular weight excluding hydrogens is 400 g/mol. The first-order chi connectivity index (χ1) is 13.3. The van der Waals surface area contributed by atoms with Crippen LogP contribution in [0.4, 0.5) is 5.82 Å². The Morgan fingerprint density at radius 2 is 2.07 bits per heavy atom. The van der Waals surface area contributed by atoms with Crippen molar-refractivity contribution in [3.63, 3.8) is 0 Å². The van der Waals surface area contributed by atoms with Crippen molar-refractivity contribution in [1.82, 2.24) is 9.71 Å². The number of carbonyl (C=O) groups is 1. The maximum absolute atomic E-state index is 12.5. The number of rotatable bonds is 6. The average molecular weight is 423 g/mol. The molecule has 3 N–H and O–H groups in total. The number of halogens is 1. The number of benzene rings is 1. The Morgan fingerprint density at radius 3 is 2.71 bits per heavy atom. The summed E-state index contributed by atoms with van der Waals surface area (Å²) in [5.74, 6) is 0.128. The van der Waals surface area contributed by atoms with Gasteiger partial charge in [-0.15, -0.1) is 0 Å². The summed E-state index contributed by atoms with van der Waals surface area (Å²) in [6, 6.07) is 8.28. The van der Waals surface area contributed by atoms with Gasteiger partial charge in [0.15, 0.2) is 0 Å². The largest absolute Gasteiger partial charge is 0.366 e. The Hall–Kier alpha value is -2.16. The van der Waals surface area contributed by atoms with Crippen molar-refractivity contribution in [2.24, 2.45) is 11.7 Å². The van der Waals surface area contributed by atoms with Gasteiger partial charge in [-0.2, -0.15) is 0 Å². The molecule has 0 aliphatic carbocycles. The van der Waals surface area contributed by atoms with E-state index in [1.807, 2.05) is 11.8 Å². The summed E-state index contributed by atoms with van der Waals surface area (Å²) in [4.78, 5) is 17.8. The number of aromatic nitrogens is 1. The highest BCUT2D eigenvalue weighted by Crippen LogP contribution is 2.28. The first kappa shape index (κ1) is 20.6. The number of hydrogen-bond acceptors (Lipinski definition) is 5. The number of primary amides is 1. The van der Waals surface area contributed by atoms with Crippen molar-refractivity contribution < 1.29 is 13.2 Å². The smallest absolute Gasteiger partial charge is 0.250 e. The van der Waals surface area contributed by atoms with Crippen LogP contribution >= 0.6 is 11.6 Å². The summed E-state index contributed by atoms with van der Waals surface area (Å²) in [7, 11) is -3.54. The van der Waals surface area contributed by atoms with E-state index in [0.717, 1.165) is 24.9 Å². The molecule has 0 spiro atoms. The average Bonchev–Trinajstić information content (AvgIpc) is 2.67. The van der Waals surface area contributed by atoms with Crippen LogP contribution in [0.15, 0.2) is 41.4 Å². The van der Waals surface area contributed by atoms with E-state index >= 15 is 0 Å². The molecule has 3 rings (SSSR count). The van der Waals surface area contributed by atoms with Crippen molar-refractivity contribution in [2.75, 3.05) is 24.5 Å². The summed E-state index contributed by atoms with van der Waals surface area (Å²) in [6.07, 6.45) is 3.21. The van der Waals surface area contributed by atoms with Gasteiger partial charge < -0.3 is 10.6 Å². The minimum Gasteiger partial charge on any atom is -0.366 e. The predicted molar refractivity (Wildman–Crippen MR) is 109 cm³/mol.